The number of halogens is 2. The second-order valence-corrected chi connectivity index (χ2v) is 4.83. The number of hydrogen-bond acceptors (Lipinski definition) is 3. The molecule has 4 nitrogen and oxygen atoms in total. The van der Waals surface area contributed by atoms with Crippen molar-refractivity contribution in [3.05, 3.63) is 34.1 Å². The Kier molecular flexibility index (Phi) is 6.97. The summed E-state index contributed by atoms with van der Waals surface area (Å²) in [6, 6.07) is 4.55. The first-order valence-corrected chi connectivity index (χ1v) is 6.78. The lowest BCUT2D eigenvalue weighted by Gasteiger charge is -2.22. The molecule has 0 atom stereocenters. The zero-order chi connectivity index (χ0) is 14.3. The molecule has 0 bridgehead atoms. The summed E-state index contributed by atoms with van der Waals surface area (Å²) in [5.74, 6) is -0.648. The van der Waals surface area contributed by atoms with Gasteiger partial charge in [0, 0.05) is 29.7 Å². The van der Waals surface area contributed by atoms with Crippen molar-refractivity contribution in [3.63, 3.8) is 0 Å². The fraction of sp³-hybridized carbons (Fsp3) is 0.462. The summed E-state index contributed by atoms with van der Waals surface area (Å²) in [6.07, 6.45) is 0. The number of ether oxygens (including phenoxy) is 1. The lowest BCUT2D eigenvalue weighted by molar-refractivity contribution is -0.137. The van der Waals surface area contributed by atoms with E-state index in [4.69, 9.17) is 9.84 Å². The summed E-state index contributed by atoms with van der Waals surface area (Å²) in [7, 11) is 0. The molecule has 0 spiro atoms. The number of carbonyl (C=O) groups is 1. The molecule has 0 aliphatic carbocycles. The first-order chi connectivity index (χ1) is 9.08. The lowest BCUT2D eigenvalue weighted by atomic mass is 10.2. The van der Waals surface area contributed by atoms with Crippen LogP contribution in [0.2, 0.25) is 0 Å². The number of nitrogens with zero attached hydrogens (tertiary/aromatic N) is 1. The molecule has 1 N–H and O–H groups in total. The van der Waals surface area contributed by atoms with Gasteiger partial charge in [0.05, 0.1) is 6.61 Å². The minimum Gasteiger partial charge on any atom is -0.395 e. The molecule has 0 fully saturated rings. The van der Waals surface area contributed by atoms with Gasteiger partial charge in [-0.1, -0.05) is 15.9 Å². The molecule has 6 heteroatoms. The van der Waals surface area contributed by atoms with Gasteiger partial charge in [0.15, 0.2) is 0 Å². The van der Waals surface area contributed by atoms with E-state index in [1.54, 1.807) is 19.1 Å². The number of rotatable bonds is 7. The average molecular weight is 334 g/mol. The maximum Gasteiger partial charge on any atom is 0.248 e. The third-order valence-corrected chi connectivity index (χ3v) is 3.01. The topological polar surface area (TPSA) is 49.8 Å². The van der Waals surface area contributed by atoms with E-state index in [2.05, 4.69) is 15.9 Å². The van der Waals surface area contributed by atoms with Gasteiger partial charge in [0.1, 0.15) is 12.4 Å². The summed E-state index contributed by atoms with van der Waals surface area (Å²) in [4.78, 5) is 13.2. The minimum atomic E-state index is -0.379. The van der Waals surface area contributed by atoms with Crippen LogP contribution in [0, 0.1) is 5.82 Å². The highest BCUT2D eigenvalue weighted by Gasteiger charge is 2.15. The van der Waals surface area contributed by atoms with Gasteiger partial charge in [-0.3, -0.25) is 4.79 Å². The Bertz CT molecular complexity index is 428. The van der Waals surface area contributed by atoms with Crippen molar-refractivity contribution < 1.29 is 19.0 Å². The molecule has 0 aliphatic rings. The third-order valence-electron chi connectivity index (χ3n) is 2.52. The molecule has 106 valence electrons. The zero-order valence-corrected chi connectivity index (χ0v) is 12.3. The molecule has 0 aliphatic heterocycles. The standard InChI is InChI=1S/C13H17BrFNO3/c1-2-19-9-13(18)16(5-6-17)8-10-7-11(14)3-4-12(10)15/h3-4,7,17H,2,5-6,8-9H2,1H3. The molecule has 0 saturated heterocycles. The molecule has 19 heavy (non-hydrogen) atoms. The van der Waals surface area contributed by atoms with Crippen LogP contribution in [0.3, 0.4) is 0 Å². The highest BCUT2D eigenvalue weighted by atomic mass is 79.9. The van der Waals surface area contributed by atoms with Crippen LogP contribution in [0.15, 0.2) is 22.7 Å². The maximum absolute atomic E-state index is 13.6. The lowest BCUT2D eigenvalue weighted by Crippen LogP contribution is -2.36. The van der Waals surface area contributed by atoms with Crippen molar-refractivity contribution in [2.45, 2.75) is 13.5 Å². The molecule has 0 saturated carbocycles. The number of benzene rings is 1. The van der Waals surface area contributed by atoms with E-state index < -0.39 is 0 Å². The summed E-state index contributed by atoms with van der Waals surface area (Å²) in [6.45, 7) is 2.25. The van der Waals surface area contributed by atoms with Crippen molar-refractivity contribution in [3.8, 4) is 0 Å². The van der Waals surface area contributed by atoms with Crippen LogP contribution in [0.4, 0.5) is 4.39 Å². The SMILES string of the molecule is CCOCC(=O)N(CCO)Cc1cc(Br)ccc1F. The van der Waals surface area contributed by atoms with E-state index in [0.717, 1.165) is 4.47 Å². The Morgan fingerprint density at radius 1 is 1.53 bits per heavy atom. The predicted octanol–water partition coefficient (Wildman–Crippen LogP) is 1.95. The Morgan fingerprint density at radius 3 is 2.89 bits per heavy atom. The Hall–Kier alpha value is -0.980. The summed E-state index contributed by atoms with van der Waals surface area (Å²) in [5, 5.41) is 8.98. The van der Waals surface area contributed by atoms with Crippen molar-refractivity contribution >= 4 is 21.8 Å². The normalized spacial score (nSPS) is 10.5. The number of aliphatic hydroxyl groups excluding tert-OH is 1. The molecule has 0 heterocycles. The number of hydrogen-bond donors (Lipinski definition) is 1. The van der Waals surface area contributed by atoms with Crippen LogP contribution < -0.4 is 0 Å². The Labute approximate surface area is 120 Å². The van der Waals surface area contributed by atoms with Gasteiger partial charge in [-0.2, -0.15) is 0 Å². The smallest absolute Gasteiger partial charge is 0.248 e. The van der Waals surface area contributed by atoms with Crippen molar-refractivity contribution in [2.24, 2.45) is 0 Å². The molecule has 1 aromatic carbocycles. The fourth-order valence-electron chi connectivity index (χ4n) is 1.56. The van der Waals surface area contributed by atoms with Crippen LogP contribution in [-0.2, 0) is 16.1 Å². The molecule has 0 aromatic heterocycles. The van der Waals surface area contributed by atoms with E-state index >= 15 is 0 Å². The van der Waals surface area contributed by atoms with E-state index in [9.17, 15) is 9.18 Å². The highest BCUT2D eigenvalue weighted by molar-refractivity contribution is 9.10. The average Bonchev–Trinajstić information content (AvgIpc) is 2.39. The molecule has 0 radical (unpaired) electrons. The number of aliphatic hydroxyl groups is 1. The van der Waals surface area contributed by atoms with Gasteiger partial charge in [-0.25, -0.2) is 4.39 Å². The minimum absolute atomic E-state index is 0.0634. The first kappa shape index (κ1) is 16.1. The van der Waals surface area contributed by atoms with Gasteiger partial charge in [-0.15, -0.1) is 0 Å². The first-order valence-electron chi connectivity index (χ1n) is 5.98. The predicted molar refractivity (Wildman–Crippen MR) is 73.1 cm³/mol. The van der Waals surface area contributed by atoms with E-state index in [1.165, 1.54) is 11.0 Å². The highest BCUT2D eigenvalue weighted by Crippen LogP contribution is 2.17. The fourth-order valence-corrected chi connectivity index (χ4v) is 1.97. The van der Waals surface area contributed by atoms with Crippen molar-refractivity contribution in [2.75, 3.05) is 26.4 Å². The van der Waals surface area contributed by atoms with E-state index in [0.29, 0.717) is 12.2 Å². The monoisotopic (exact) mass is 333 g/mol. The largest absolute Gasteiger partial charge is 0.395 e. The summed E-state index contributed by atoms with van der Waals surface area (Å²) >= 11 is 3.26. The van der Waals surface area contributed by atoms with Gasteiger partial charge >= 0.3 is 0 Å². The second kappa shape index (κ2) is 8.24. The third kappa shape index (κ3) is 5.26. The molecular formula is C13H17BrFNO3. The second-order valence-electron chi connectivity index (χ2n) is 3.91. The Morgan fingerprint density at radius 2 is 2.26 bits per heavy atom. The van der Waals surface area contributed by atoms with Crippen LogP contribution in [0.1, 0.15) is 12.5 Å². The molecule has 0 unspecified atom stereocenters. The van der Waals surface area contributed by atoms with Crippen LogP contribution >= 0.6 is 15.9 Å². The van der Waals surface area contributed by atoms with E-state index in [1.807, 2.05) is 0 Å². The summed E-state index contributed by atoms with van der Waals surface area (Å²) in [5.41, 5.74) is 0.396. The van der Waals surface area contributed by atoms with Crippen LogP contribution in [-0.4, -0.2) is 42.3 Å². The molecule has 1 amide bonds. The van der Waals surface area contributed by atoms with Crippen LogP contribution in [0.5, 0.6) is 0 Å². The van der Waals surface area contributed by atoms with Gasteiger partial charge in [0.2, 0.25) is 5.91 Å². The quantitative estimate of drug-likeness (QED) is 0.829. The Balaban J connectivity index is 2.77. The van der Waals surface area contributed by atoms with Gasteiger partial charge in [0.25, 0.3) is 0 Å². The molecular weight excluding hydrogens is 317 g/mol. The maximum atomic E-state index is 13.6. The molecule has 1 rings (SSSR count). The summed E-state index contributed by atoms with van der Waals surface area (Å²) < 4.78 is 19.4. The van der Waals surface area contributed by atoms with Crippen LogP contribution in [0.25, 0.3) is 0 Å². The van der Waals surface area contributed by atoms with Gasteiger partial charge < -0.3 is 14.7 Å². The van der Waals surface area contributed by atoms with E-state index in [-0.39, 0.29) is 38.0 Å². The van der Waals surface area contributed by atoms with Crippen molar-refractivity contribution in [1.29, 1.82) is 0 Å². The van der Waals surface area contributed by atoms with Gasteiger partial charge in [-0.05, 0) is 25.1 Å². The number of carbonyl (C=O) groups excluding carboxylic acids is 1. The van der Waals surface area contributed by atoms with Crippen molar-refractivity contribution in [1.82, 2.24) is 4.90 Å². The zero-order valence-electron chi connectivity index (χ0n) is 10.7. The number of amides is 1. The molecule has 1 aromatic rings.